The third kappa shape index (κ3) is 3.97. The van der Waals surface area contributed by atoms with E-state index in [0.717, 1.165) is 22.9 Å². The summed E-state index contributed by atoms with van der Waals surface area (Å²) >= 11 is 3.17. The highest BCUT2D eigenvalue weighted by Crippen LogP contribution is 2.28. The summed E-state index contributed by atoms with van der Waals surface area (Å²) in [6, 6.07) is 0. The van der Waals surface area contributed by atoms with E-state index in [1.54, 1.807) is 11.8 Å². The lowest BCUT2D eigenvalue weighted by atomic mass is 10.2. The van der Waals surface area contributed by atoms with Gasteiger partial charge in [-0.2, -0.15) is 0 Å². The van der Waals surface area contributed by atoms with Crippen molar-refractivity contribution in [1.82, 2.24) is 4.98 Å². The van der Waals surface area contributed by atoms with Crippen molar-refractivity contribution >= 4 is 29.1 Å². The Morgan fingerprint density at radius 2 is 2.53 bits per heavy atom. The van der Waals surface area contributed by atoms with E-state index >= 15 is 0 Å². The minimum atomic E-state index is -0.834. The van der Waals surface area contributed by atoms with Crippen LogP contribution in [0.3, 0.4) is 0 Å². The van der Waals surface area contributed by atoms with Crippen LogP contribution in [0, 0.1) is 0 Å². The van der Waals surface area contributed by atoms with Crippen LogP contribution in [0.25, 0.3) is 0 Å². The molecule has 0 saturated carbocycles. The van der Waals surface area contributed by atoms with Crippen LogP contribution in [0.1, 0.15) is 25.5 Å². The Hall–Kier alpha value is -0.590. The molecule has 1 fully saturated rings. The summed E-state index contributed by atoms with van der Waals surface area (Å²) in [5.41, 5.74) is 0.644. The number of hydrogen-bond donors (Lipinski definition) is 1. The third-order valence-electron chi connectivity index (χ3n) is 2.58. The van der Waals surface area contributed by atoms with Crippen LogP contribution in [-0.4, -0.2) is 34.0 Å². The average Bonchev–Trinajstić information content (AvgIpc) is 2.84. The summed E-state index contributed by atoms with van der Waals surface area (Å²) in [5, 5.41) is 10.5. The lowest BCUT2D eigenvalue weighted by Crippen LogP contribution is -2.10. The van der Waals surface area contributed by atoms with Crippen LogP contribution < -0.4 is 0 Å². The number of hydrogen-bond acceptors (Lipinski definition) is 5. The Labute approximate surface area is 108 Å². The highest BCUT2D eigenvalue weighted by atomic mass is 32.2. The van der Waals surface area contributed by atoms with E-state index in [1.807, 2.05) is 5.38 Å². The first-order valence-corrected chi connectivity index (χ1v) is 7.44. The fourth-order valence-corrected chi connectivity index (χ4v) is 3.68. The summed E-state index contributed by atoms with van der Waals surface area (Å²) in [7, 11) is 0. The van der Waals surface area contributed by atoms with Gasteiger partial charge in [0.2, 0.25) is 0 Å². The molecule has 2 atom stereocenters. The zero-order valence-corrected chi connectivity index (χ0v) is 11.2. The highest BCUT2D eigenvalue weighted by Gasteiger charge is 2.22. The van der Waals surface area contributed by atoms with Crippen molar-refractivity contribution in [2.75, 3.05) is 5.75 Å². The van der Waals surface area contributed by atoms with Gasteiger partial charge >= 0.3 is 5.97 Å². The Balaban J connectivity index is 1.79. The standard InChI is InChI=1S/C11H15NO3S2/c1-7-2-3-9(15-7)6-17-11-12-8(5-16-11)4-10(13)14/h5,7,9H,2-4,6H2,1H3,(H,13,14). The van der Waals surface area contributed by atoms with Crippen molar-refractivity contribution in [1.29, 1.82) is 0 Å². The van der Waals surface area contributed by atoms with Crippen molar-refractivity contribution in [3.8, 4) is 0 Å². The van der Waals surface area contributed by atoms with Crippen LogP contribution in [0.5, 0.6) is 0 Å². The molecule has 1 aromatic heterocycles. The maximum absolute atomic E-state index is 10.5. The number of nitrogens with zero attached hydrogens (tertiary/aromatic N) is 1. The summed E-state index contributed by atoms with van der Waals surface area (Å²) < 4.78 is 6.65. The number of thiazole rings is 1. The number of thioether (sulfide) groups is 1. The summed E-state index contributed by atoms with van der Waals surface area (Å²) in [6.07, 6.45) is 2.95. The zero-order valence-electron chi connectivity index (χ0n) is 9.59. The minimum absolute atomic E-state index is 0.00796. The van der Waals surface area contributed by atoms with Crippen molar-refractivity contribution in [3.63, 3.8) is 0 Å². The topological polar surface area (TPSA) is 59.4 Å². The van der Waals surface area contributed by atoms with Gasteiger partial charge in [-0.1, -0.05) is 11.8 Å². The minimum Gasteiger partial charge on any atom is -0.481 e. The molecule has 2 heterocycles. The lowest BCUT2D eigenvalue weighted by Gasteiger charge is -2.08. The smallest absolute Gasteiger partial charge is 0.309 e. The van der Waals surface area contributed by atoms with Gasteiger partial charge in [0.05, 0.1) is 24.3 Å². The predicted molar refractivity (Wildman–Crippen MR) is 67.7 cm³/mol. The van der Waals surface area contributed by atoms with Crippen molar-refractivity contribution in [2.24, 2.45) is 0 Å². The largest absolute Gasteiger partial charge is 0.481 e. The first kappa shape index (κ1) is 12.9. The molecular weight excluding hydrogens is 258 g/mol. The molecule has 1 N–H and O–H groups in total. The quantitative estimate of drug-likeness (QED) is 0.835. The molecule has 1 aromatic rings. The van der Waals surface area contributed by atoms with Gasteiger partial charge in [-0.05, 0) is 19.8 Å². The third-order valence-corrected chi connectivity index (χ3v) is 4.78. The molecule has 17 heavy (non-hydrogen) atoms. The van der Waals surface area contributed by atoms with Gasteiger partial charge in [0, 0.05) is 11.1 Å². The number of aromatic nitrogens is 1. The molecule has 1 aliphatic heterocycles. The molecule has 0 bridgehead atoms. The van der Waals surface area contributed by atoms with Gasteiger partial charge in [0.15, 0.2) is 0 Å². The second-order valence-corrected chi connectivity index (χ2v) is 6.26. The van der Waals surface area contributed by atoms with E-state index in [2.05, 4.69) is 11.9 Å². The fraction of sp³-hybridized carbons (Fsp3) is 0.636. The highest BCUT2D eigenvalue weighted by molar-refractivity contribution is 8.01. The summed E-state index contributed by atoms with van der Waals surface area (Å²) in [4.78, 5) is 14.8. The Morgan fingerprint density at radius 1 is 1.71 bits per heavy atom. The SMILES string of the molecule is CC1CCC(CSc2nc(CC(=O)O)cs2)O1. The van der Waals surface area contributed by atoms with Crippen LogP contribution in [0.15, 0.2) is 9.72 Å². The molecular formula is C11H15NO3S2. The zero-order chi connectivity index (χ0) is 12.3. The molecule has 0 aromatic carbocycles. The Bertz CT molecular complexity index is 394. The normalized spacial score (nSPS) is 24.1. The number of ether oxygens (including phenoxy) is 1. The van der Waals surface area contributed by atoms with E-state index in [0.29, 0.717) is 17.9 Å². The molecule has 6 heteroatoms. The Morgan fingerprint density at radius 3 is 3.18 bits per heavy atom. The Kier molecular flexibility index (Phi) is 4.42. The molecule has 2 rings (SSSR count). The summed E-state index contributed by atoms with van der Waals surface area (Å²) in [5.74, 6) is 0.0736. The maximum atomic E-state index is 10.5. The molecule has 0 radical (unpaired) electrons. The molecule has 2 unspecified atom stereocenters. The molecule has 0 aliphatic carbocycles. The number of carboxylic acids is 1. The van der Waals surface area contributed by atoms with Crippen molar-refractivity contribution < 1.29 is 14.6 Å². The summed E-state index contributed by atoms with van der Waals surface area (Å²) in [6.45, 7) is 2.10. The number of carbonyl (C=O) groups is 1. The molecule has 0 amide bonds. The molecule has 1 aliphatic rings. The molecule has 4 nitrogen and oxygen atoms in total. The monoisotopic (exact) mass is 273 g/mol. The van der Waals surface area contributed by atoms with Crippen molar-refractivity contribution in [3.05, 3.63) is 11.1 Å². The van der Waals surface area contributed by atoms with Gasteiger partial charge in [-0.25, -0.2) is 4.98 Å². The predicted octanol–water partition coefficient (Wildman–Crippen LogP) is 2.43. The second kappa shape index (κ2) is 5.84. The average molecular weight is 273 g/mol. The van der Waals surface area contributed by atoms with E-state index in [1.165, 1.54) is 11.3 Å². The van der Waals surface area contributed by atoms with Crippen LogP contribution in [0.4, 0.5) is 0 Å². The van der Waals surface area contributed by atoms with Gasteiger partial charge in [0.25, 0.3) is 0 Å². The number of aliphatic carboxylic acids is 1. The van der Waals surface area contributed by atoms with Gasteiger partial charge < -0.3 is 9.84 Å². The molecule has 1 saturated heterocycles. The number of rotatable bonds is 5. The van der Waals surface area contributed by atoms with Crippen molar-refractivity contribution in [2.45, 2.75) is 42.7 Å². The fourth-order valence-electron chi connectivity index (χ4n) is 1.76. The van der Waals surface area contributed by atoms with E-state index < -0.39 is 5.97 Å². The van der Waals surface area contributed by atoms with E-state index in [4.69, 9.17) is 9.84 Å². The van der Waals surface area contributed by atoms with Gasteiger partial charge in [-0.3, -0.25) is 4.79 Å². The molecule has 94 valence electrons. The van der Waals surface area contributed by atoms with Crippen LogP contribution in [-0.2, 0) is 16.0 Å². The first-order valence-electron chi connectivity index (χ1n) is 5.58. The van der Waals surface area contributed by atoms with Crippen LogP contribution >= 0.6 is 23.1 Å². The second-order valence-electron chi connectivity index (χ2n) is 4.13. The van der Waals surface area contributed by atoms with Gasteiger partial charge in [0.1, 0.15) is 4.34 Å². The van der Waals surface area contributed by atoms with E-state index in [9.17, 15) is 4.79 Å². The van der Waals surface area contributed by atoms with Crippen LogP contribution in [0.2, 0.25) is 0 Å². The van der Waals surface area contributed by atoms with Gasteiger partial charge in [-0.15, -0.1) is 11.3 Å². The molecule has 0 spiro atoms. The lowest BCUT2D eigenvalue weighted by molar-refractivity contribution is -0.136. The first-order chi connectivity index (χ1) is 8.13. The van der Waals surface area contributed by atoms with E-state index in [-0.39, 0.29) is 6.42 Å². The number of carboxylic acid groups (broad SMARTS) is 1. The maximum Gasteiger partial charge on any atom is 0.309 e.